The molecule has 0 bridgehead atoms. The molecule has 0 unspecified atom stereocenters. The molecule has 8 nitrogen and oxygen atoms in total. The maximum atomic E-state index is 11.4. The van der Waals surface area contributed by atoms with Crippen molar-refractivity contribution in [3.63, 3.8) is 0 Å². The number of ether oxygens (including phenoxy) is 3. The molecule has 0 saturated heterocycles. The number of carbonyl (C=O) groups excluding carboxylic acids is 2. The van der Waals surface area contributed by atoms with Gasteiger partial charge >= 0.3 is 11.9 Å². The minimum Gasteiger partial charge on any atom is -0.465 e. The lowest BCUT2D eigenvalue weighted by atomic mass is 10.1. The van der Waals surface area contributed by atoms with E-state index in [1.807, 2.05) is 31.2 Å². The van der Waals surface area contributed by atoms with Gasteiger partial charge in [-0.1, -0.05) is 41.6 Å². The van der Waals surface area contributed by atoms with E-state index in [1.54, 1.807) is 31.4 Å². The molecule has 3 aromatic rings. The molecule has 1 aromatic heterocycles. The van der Waals surface area contributed by atoms with Gasteiger partial charge in [-0.05, 0) is 31.2 Å². The summed E-state index contributed by atoms with van der Waals surface area (Å²) < 4.78 is 19.1. The minimum atomic E-state index is -0.410. The van der Waals surface area contributed by atoms with Crippen molar-refractivity contribution in [1.82, 2.24) is 10.1 Å². The molecule has 0 aliphatic carbocycles. The van der Waals surface area contributed by atoms with E-state index in [9.17, 15) is 9.59 Å². The van der Waals surface area contributed by atoms with Gasteiger partial charge in [-0.3, -0.25) is 0 Å². The molecule has 8 heteroatoms. The van der Waals surface area contributed by atoms with Gasteiger partial charge in [0.15, 0.2) is 0 Å². The Morgan fingerprint density at radius 1 is 1.00 bits per heavy atom. The standard InChI is InChI=1S/C17H14N2O3.C6H10O3/c1-11-3-5-12(6-4-11)15-18-16(22-19-15)13-7-9-14(10-8-13)17(20)21-2;1-3-6(7)9-5-4-8-2/h3-10H,1-2H3;3H,1,4-5H2,2H3. The smallest absolute Gasteiger partial charge is 0.337 e. The van der Waals surface area contributed by atoms with Gasteiger partial charge in [0.05, 0.1) is 19.3 Å². The van der Waals surface area contributed by atoms with Gasteiger partial charge < -0.3 is 18.7 Å². The average molecular weight is 424 g/mol. The van der Waals surface area contributed by atoms with Crippen LogP contribution in [0.4, 0.5) is 0 Å². The Balaban J connectivity index is 0.000000323. The van der Waals surface area contributed by atoms with Crippen molar-refractivity contribution in [2.45, 2.75) is 6.92 Å². The number of hydrogen-bond acceptors (Lipinski definition) is 8. The first-order valence-electron chi connectivity index (χ1n) is 9.36. The topological polar surface area (TPSA) is 101 Å². The monoisotopic (exact) mass is 424 g/mol. The molecule has 0 fully saturated rings. The molecule has 0 saturated carbocycles. The van der Waals surface area contributed by atoms with Crippen LogP contribution in [0.5, 0.6) is 0 Å². The van der Waals surface area contributed by atoms with Crippen LogP contribution in [0.25, 0.3) is 22.8 Å². The number of rotatable bonds is 7. The van der Waals surface area contributed by atoms with Gasteiger partial charge in [0.1, 0.15) is 6.61 Å². The van der Waals surface area contributed by atoms with Gasteiger partial charge in [0, 0.05) is 24.3 Å². The first-order chi connectivity index (χ1) is 15.0. The Kier molecular flexibility index (Phi) is 9.13. The second kappa shape index (κ2) is 12.0. The van der Waals surface area contributed by atoms with Crippen LogP contribution < -0.4 is 0 Å². The van der Waals surface area contributed by atoms with Gasteiger partial charge in [-0.15, -0.1) is 0 Å². The Labute approximate surface area is 180 Å². The van der Waals surface area contributed by atoms with Crippen molar-refractivity contribution in [3.05, 3.63) is 72.3 Å². The van der Waals surface area contributed by atoms with E-state index >= 15 is 0 Å². The fraction of sp³-hybridized carbons (Fsp3) is 0.217. The molecular weight excluding hydrogens is 400 g/mol. The van der Waals surface area contributed by atoms with Crippen LogP contribution in [0, 0.1) is 6.92 Å². The quantitative estimate of drug-likeness (QED) is 0.320. The summed E-state index contributed by atoms with van der Waals surface area (Å²) in [5.41, 5.74) is 3.29. The highest BCUT2D eigenvalue weighted by Crippen LogP contribution is 2.22. The molecule has 0 radical (unpaired) electrons. The van der Waals surface area contributed by atoms with E-state index in [4.69, 9.17) is 4.52 Å². The fourth-order valence-electron chi connectivity index (χ4n) is 2.31. The number of methoxy groups -OCH3 is 2. The molecule has 0 amide bonds. The average Bonchev–Trinajstić information content (AvgIpc) is 3.30. The lowest BCUT2D eigenvalue weighted by Crippen LogP contribution is -2.06. The summed E-state index contributed by atoms with van der Waals surface area (Å²) in [6.45, 7) is 5.97. The van der Waals surface area contributed by atoms with Crippen molar-refractivity contribution in [1.29, 1.82) is 0 Å². The minimum absolute atomic E-state index is 0.293. The molecule has 31 heavy (non-hydrogen) atoms. The van der Waals surface area contributed by atoms with Crippen LogP contribution in [-0.2, 0) is 19.0 Å². The number of hydrogen-bond donors (Lipinski definition) is 0. The molecular formula is C23H24N2O6. The highest BCUT2D eigenvalue weighted by Gasteiger charge is 2.12. The SMILES string of the molecule is C=CC(=O)OCCOC.COC(=O)c1ccc(-c2nc(-c3ccc(C)cc3)no2)cc1. The van der Waals surface area contributed by atoms with Crippen LogP contribution in [0.2, 0.25) is 0 Å². The summed E-state index contributed by atoms with van der Waals surface area (Å²) in [7, 11) is 2.89. The summed E-state index contributed by atoms with van der Waals surface area (Å²) in [5.74, 6) is 0.156. The molecule has 0 atom stereocenters. The summed E-state index contributed by atoms with van der Waals surface area (Å²) in [4.78, 5) is 26.1. The molecule has 3 rings (SSSR count). The summed E-state index contributed by atoms with van der Waals surface area (Å²) in [5, 5.41) is 3.99. The van der Waals surface area contributed by atoms with Crippen LogP contribution in [-0.4, -0.2) is 49.5 Å². The lowest BCUT2D eigenvalue weighted by Gasteiger charge is -1.99. The van der Waals surface area contributed by atoms with E-state index in [-0.39, 0.29) is 5.97 Å². The van der Waals surface area contributed by atoms with Crippen LogP contribution in [0.15, 0.2) is 65.7 Å². The number of esters is 2. The second-order valence-electron chi connectivity index (χ2n) is 6.22. The van der Waals surface area contributed by atoms with E-state index in [1.165, 1.54) is 12.7 Å². The Hall–Kier alpha value is -3.78. The Morgan fingerprint density at radius 2 is 1.65 bits per heavy atom. The second-order valence-corrected chi connectivity index (χ2v) is 6.22. The van der Waals surface area contributed by atoms with Crippen molar-refractivity contribution >= 4 is 11.9 Å². The number of benzene rings is 2. The van der Waals surface area contributed by atoms with E-state index in [2.05, 4.69) is 30.9 Å². The first kappa shape index (κ1) is 23.5. The molecule has 2 aromatic carbocycles. The third kappa shape index (κ3) is 7.20. The van der Waals surface area contributed by atoms with Crippen molar-refractivity contribution in [2.24, 2.45) is 0 Å². The number of carbonyl (C=O) groups is 2. The van der Waals surface area contributed by atoms with Gasteiger partial charge in [-0.2, -0.15) is 4.98 Å². The van der Waals surface area contributed by atoms with Crippen LogP contribution >= 0.6 is 0 Å². The molecule has 0 N–H and O–H groups in total. The maximum Gasteiger partial charge on any atom is 0.337 e. The predicted octanol–water partition coefficient (Wildman–Crippen LogP) is 3.86. The zero-order valence-electron chi connectivity index (χ0n) is 17.7. The molecule has 162 valence electrons. The van der Waals surface area contributed by atoms with Gasteiger partial charge in [0.25, 0.3) is 5.89 Å². The highest BCUT2D eigenvalue weighted by molar-refractivity contribution is 5.89. The van der Waals surface area contributed by atoms with Crippen molar-refractivity contribution in [2.75, 3.05) is 27.4 Å². The molecule has 1 heterocycles. The zero-order chi connectivity index (χ0) is 22.6. The first-order valence-corrected chi connectivity index (χ1v) is 9.36. The van der Waals surface area contributed by atoms with Crippen LogP contribution in [0.3, 0.4) is 0 Å². The van der Waals surface area contributed by atoms with Gasteiger partial charge in [-0.25, -0.2) is 9.59 Å². The Morgan fingerprint density at radius 3 is 2.23 bits per heavy atom. The highest BCUT2D eigenvalue weighted by atomic mass is 16.6. The van der Waals surface area contributed by atoms with E-state index in [0.717, 1.165) is 17.2 Å². The summed E-state index contributed by atoms with van der Waals surface area (Å²) >= 11 is 0. The molecule has 0 aliphatic rings. The third-order valence-electron chi connectivity index (χ3n) is 3.99. The largest absolute Gasteiger partial charge is 0.465 e. The normalized spacial score (nSPS) is 9.90. The third-order valence-corrected chi connectivity index (χ3v) is 3.99. The molecule has 0 spiro atoms. The summed E-state index contributed by atoms with van der Waals surface area (Å²) in [6.07, 6.45) is 1.12. The van der Waals surface area contributed by atoms with E-state index < -0.39 is 5.97 Å². The fourth-order valence-corrected chi connectivity index (χ4v) is 2.31. The lowest BCUT2D eigenvalue weighted by molar-refractivity contribution is -0.138. The number of aromatic nitrogens is 2. The van der Waals surface area contributed by atoms with Crippen molar-refractivity contribution in [3.8, 4) is 22.8 Å². The number of aryl methyl sites for hydroxylation is 1. The van der Waals surface area contributed by atoms with E-state index in [0.29, 0.717) is 30.5 Å². The zero-order valence-corrected chi connectivity index (χ0v) is 17.7. The van der Waals surface area contributed by atoms with Crippen molar-refractivity contribution < 1.29 is 28.3 Å². The maximum absolute atomic E-state index is 11.4. The van der Waals surface area contributed by atoms with Crippen LogP contribution in [0.1, 0.15) is 15.9 Å². The van der Waals surface area contributed by atoms with Gasteiger partial charge in [0.2, 0.25) is 5.82 Å². The number of nitrogens with zero attached hydrogens (tertiary/aromatic N) is 2. The molecule has 0 aliphatic heterocycles. The Bertz CT molecular complexity index is 994. The summed E-state index contributed by atoms with van der Waals surface area (Å²) in [6, 6.07) is 14.7. The predicted molar refractivity (Wildman–Crippen MR) is 114 cm³/mol.